The van der Waals surface area contributed by atoms with Gasteiger partial charge in [-0.15, -0.1) is 0 Å². The quantitative estimate of drug-likeness (QED) is 0.794. The SMILES string of the molecule is Cc1ccc(C[CH]C2CCNCC2)cc1. The van der Waals surface area contributed by atoms with E-state index in [9.17, 15) is 0 Å². The molecular formula is C14H20N. The Hall–Kier alpha value is -0.820. The minimum Gasteiger partial charge on any atom is -0.317 e. The molecule has 1 saturated heterocycles. The van der Waals surface area contributed by atoms with Gasteiger partial charge in [0.25, 0.3) is 0 Å². The second-order valence-electron chi connectivity index (χ2n) is 4.51. The molecule has 15 heavy (non-hydrogen) atoms. The van der Waals surface area contributed by atoms with E-state index >= 15 is 0 Å². The lowest BCUT2D eigenvalue weighted by Crippen LogP contribution is -2.28. The van der Waals surface area contributed by atoms with Crippen LogP contribution in [0.25, 0.3) is 0 Å². The normalized spacial score (nSPS) is 17.9. The molecule has 1 N–H and O–H groups in total. The van der Waals surface area contributed by atoms with E-state index < -0.39 is 0 Å². The molecule has 81 valence electrons. The highest BCUT2D eigenvalue weighted by molar-refractivity contribution is 5.22. The topological polar surface area (TPSA) is 12.0 Å². The van der Waals surface area contributed by atoms with Crippen molar-refractivity contribution < 1.29 is 0 Å². The molecule has 1 aliphatic heterocycles. The average Bonchev–Trinajstić information content (AvgIpc) is 2.30. The molecule has 0 saturated carbocycles. The number of benzene rings is 1. The monoisotopic (exact) mass is 202 g/mol. The second-order valence-corrected chi connectivity index (χ2v) is 4.51. The van der Waals surface area contributed by atoms with Crippen molar-refractivity contribution in [2.45, 2.75) is 26.2 Å². The zero-order valence-corrected chi connectivity index (χ0v) is 9.50. The number of hydrogen-bond acceptors (Lipinski definition) is 1. The third kappa shape index (κ3) is 3.35. The Balaban J connectivity index is 1.79. The van der Waals surface area contributed by atoms with Gasteiger partial charge in [0.05, 0.1) is 0 Å². The molecule has 2 rings (SSSR count). The Morgan fingerprint density at radius 3 is 2.53 bits per heavy atom. The summed E-state index contributed by atoms with van der Waals surface area (Å²) in [6, 6.07) is 8.89. The van der Waals surface area contributed by atoms with Gasteiger partial charge in [-0.3, -0.25) is 0 Å². The summed E-state index contributed by atoms with van der Waals surface area (Å²) in [5.74, 6) is 0.826. The summed E-state index contributed by atoms with van der Waals surface area (Å²) in [4.78, 5) is 0. The molecule has 1 nitrogen and oxygen atoms in total. The van der Waals surface area contributed by atoms with Crippen molar-refractivity contribution in [3.8, 4) is 0 Å². The zero-order valence-electron chi connectivity index (χ0n) is 9.50. The molecule has 0 aromatic heterocycles. The maximum atomic E-state index is 3.40. The number of aryl methyl sites for hydroxylation is 1. The van der Waals surface area contributed by atoms with Crippen LogP contribution in [-0.4, -0.2) is 13.1 Å². The van der Waals surface area contributed by atoms with Crippen LogP contribution in [0, 0.1) is 19.3 Å². The summed E-state index contributed by atoms with van der Waals surface area (Å²) in [6.07, 6.45) is 6.24. The Kier molecular flexibility index (Phi) is 3.79. The van der Waals surface area contributed by atoms with Gasteiger partial charge in [-0.05, 0) is 57.2 Å². The van der Waals surface area contributed by atoms with E-state index in [1.54, 1.807) is 0 Å². The average molecular weight is 202 g/mol. The first-order valence-electron chi connectivity index (χ1n) is 5.94. The van der Waals surface area contributed by atoms with E-state index in [4.69, 9.17) is 0 Å². The molecule has 1 radical (unpaired) electrons. The van der Waals surface area contributed by atoms with E-state index in [0.29, 0.717) is 0 Å². The molecule has 1 aliphatic rings. The fourth-order valence-corrected chi connectivity index (χ4v) is 2.11. The summed E-state index contributed by atoms with van der Waals surface area (Å²) >= 11 is 0. The molecule has 1 heteroatoms. The van der Waals surface area contributed by atoms with E-state index in [2.05, 4.69) is 42.9 Å². The van der Waals surface area contributed by atoms with Crippen LogP contribution in [-0.2, 0) is 6.42 Å². The molecule has 0 unspecified atom stereocenters. The number of nitrogens with one attached hydrogen (secondary N) is 1. The maximum absolute atomic E-state index is 3.40. The fraction of sp³-hybridized carbons (Fsp3) is 0.500. The molecule has 1 aromatic rings. The summed E-state index contributed by atoms with van der Waals surface area (Å²) in [6.45, 7) is 4.52. The van der Waals surface area contributed by atoms with Gasteiger partial charge < -0.3 is 5.32 Å². The van der Waals surface area contributed by atoms with Crippen LogP contribution < -0.4 is 5.32 Å². The highest BCUT2D eigenvalue weighted by Crippen LogP contribution is 2.17. The molecule has 1 aromatic carbocycles. The Morgan fingerprint density at radius 1 is 1.20 bits per heavy atom. The minimum atomic E-state index is 0.826. The Bertz CT molecular complexity index is 283. The minimum absolute atomic E-state index is 0.826. The first-order valence-corrected chi connectivity index (χ1v) is 5.94. The van der Waals surface area contributed by atoms with Crippen LogP contribution in [0.1, 0.15) is 24.0 Å². The van der Waals surface area contributed by atoms with Crippen LogP contribution in [0.5, 0.6) is 0 Å². The van der Waals surface area contributed by atoms with Gasteiger partial charge in [0.1, 0.15) is 0 Å². The van der Waals surface area contributed by atoms with Gasteiger partial charge in [0.2, 0.25) is 0 Å². The first-order chi connectivity index (χ1) is 7.34. The fourth-order valence-electron chi connectivity index (χ4n) is 2.11. The van der Waals surface area contributed by atoms with Crippen molar-refractivity contribution in [2.24, 2.45) is 5.92 Å². The predicted molar refractivity (Wildman–Crippen MR) is 64.8 cm³/mol. The van der Waals surface area contributed by atoms with Crippen molar-refractivity contribution >= 4 is 0 Å². The molecule has 1 heterocycles. The third-order valence-electron chi connectivity index (χ3n) is 3.19. The van der Waals surface area contributed by atoms with Crippen LogP contribution in [0.4, 0.5) is 0 Å². The Labute approximate surface area is 92.9 Å². The van der Waals surface area contributed by atoms with Crippen LogP contribution in [0.15, 0.2) is 24.3 Å². The molecule has 0 atom stereocenters. The van der Waals surface area contributed by atoms with Crippen molar-refractivity contribution in [3.05, 3.63) is 41.8 Å². The molecule has 1 fully saturated rings. The van der Waals surface area contributed by atoms with Crippen molar-refractivity contribution in [1.82, 2.24) is 5.32 Å². The van der Waals surface area contributed by atoms with Gasteiger partial charge in [0.15, 0.2) is 0 Å². The van der Waals surface area contributed by atoms with Crippen molar-refractivity contribution in [2.75, 3.05) is 13.1 Å². The lowest BCUT2D eigenvalue weighted by molar-refractivity contribution is 0.410. The smallest absolute Gasteiger partial charge is 0.00462 e. The molecule has 0 aliphatic carbocycles. The molecule has 0 amide bonds. The summed E-state index contributed by atoms with van der Waals surface area (Å²) in [7, 11) is 0. The highest BCUT2D eigenvalue weighted by Gasteiger charge is 2.12. The van der Waals surface area contributed by atoms with E-state index in [-0.39, 0.29) is 0 Å². The van der Waals surface area contributed by atoms with Gasteiger partial charge >= 0.3 is 0 Å². The number of rotatable bonds is 3. The van der Waals surface area contributed by atoms with E-state index in [0.717, 1.165) is 12.3 Å². The number of hydrogen-bond donors (Lipinski definition) is 1. The predicted octanol–water partition coefficient (Wildman–Crippen LogP) is 2.74. The van der Waals surface area contributed by atoms with Crippen molar-refractivity contribution in [3.63, 3.8) is 0 Å². The van der Waals surface area contributed by atoms with E-state index in [1.807, 2.05) is 0 Å². The largest absolute Gasteiger partial charge is 0.317 e. The lowest BCUT2D eigenvalue weighted by Gasteiger charge is -2.22. The summed E-state index contributed by atoms with van der Waals surface area (Å²) < 4.78 is 0. The standard InChI is InChI=1S/C14H20N/c1-12-2-4-13(5-3-12)6-7-14-8-10-15-11-9-14/h2-5,7,14-15H,6,8-11H2,1H3. The van der Waals surface area contributed by atoms with E-state index in [1.165, 1.54) is 37.1 Å². The second kappa shape index (κ2) is 5.32. The molecule has 0 bridgehead atoms. The maximum Gasteiger partial charge on any atom is -0.00462 e. The van der Waals surface area contributed by atoms with Crippen molar-refractivity contribution in [1.29, 1.82) is 0 Å². The van der Waals surface area contributed by atoms with Crippen LogP contribution in [0.2, 0.25) is 0 Å². The van der Waals surface area contributed by atoms with Gasteiger partial charge in [-0.2, -0.15) is 0 Å². The number of piperidine rings is 1. The summed E-state index contributed by atoms with van der Waals surface area (Å²) in [5, 5.41) is 3.40. The Morgan fingerprint density at radius 2 is 1.87 bits per heavy atom. The van der Waals surface area contributed by atoms with Crippen LogP contribution in [0.3, 0.4) is 0 Å². The lowest BCUT2D eigenvalue weighted by atomic mass is 9.91. The first kappa shape index (κ1) is 10.7. The molecular weight excluding hydrogens is 182 g/mol. The van der Waals surface area contributed by atoms with Crippen LogP contribution >= 0.6 is 0 Å². The van der Waals surface area contributed by atoms with Gasteiger partial charge in [-0.25, -0.2) is 0 Å². The van der Waals surface area contributed by atoms with Gasteiger partial charge in [-0.1, -0.05) is 29.8 Å². The zero-order chi connectivity index (χ0) is 10.5. The summed E-state index contributed by atoms with van der Waals surface area (Å²) in [5.41, 5.74) is 2.79. The van der Waals surface area contributed by atoms with Gasteiger partial charge in [0, 0.05) is 0 Å². The molecule has 0 spiro atoms. The third-order valence-corrected chi connectivity index (χ3v) is 3.19. The highest BCUT2D eigenvalue weighted by atomic mass is 14.9.